The maximum atomic E-state index is 6.01. The first-order valence-corrected chi connectivity index (χ1v) is 10.0. The van der Waals surface area contributed by atoms with Crippen molar-refractivity contribution < 1.29 is 18.7 Å². The van der Waals surface area contributed by atoms with Crippen molar-refractivity contribution >= 4 is 11.6 Å². The van der Waals surface area contributed by atoms with E-state index in [0.29, 0.717) is 52.6 Å². The number of aromatic nitrogens is 4. The molecule has 9 heteroatoms. The molecule has 0 fully saturated rings. The zero-order valence-electron chi connectivity index (χ0n) is 16.9. The van der Waals surface area contributed by atoms with E-state index in [1.807, 2.05) is 47.1 Å². The molecule has 2 aromatic carbocycles. The van der Waals surface area contributed by atoms with Crippen LogP contribution in [-0.2, 0) is 17.9 Å². The smallest absolute Gasteiger partial charge is 0.278 e. The molecule has 2 aromatic heterocycles. The van der Waals surface area contributed by atoms with Crippen LogP contribution in [-0.4, -0.2) is 34.1 Å². The van der Waals surface area contributed by atoms with E-state index in [-0.39, 0.29) is 6.10 Å². The molecule has 158 valence electrons. The Balaban J connectivity index is 1.40. The normalized spacial score (nSPS) is 15.5. The molecule has 0 spiro atoms. The Morgan fingerprint density at radius 1 is 1.06 bits per heavy atom. The van der Waals surface area contributed by atoms with Crippen molar-refractivity contribution in [3.63, 3.8) is 0 Å². The van der Waals surface area contributed by atoms with Gasteiger partial charge >= 0.3 is 0 Å². The van der Waals surface area contributed by atoms with E-state index in [1.54, 1.807) is 20.3 Å². The molecule has 0 aliphatic carbocycles. The van der Waals surface area contributed by atoms with Crippen molar-refractivity contribution in [3.05, 3.63) is 64.8 Å². The van der Waals surface area contributed by atoms with E-state index in [4.69, 9.17) is 30.3 Å². The summed E-state index contributed by atoms with van der Waals surface area (Å²) >= 11 is 5.99. The summed E-state index contributed by atoms with van der Waals surface area (Å²) in [6.45, 7) is 1.03. The van der Waals surface area contributed by atoms with Crippen LogP contribution in [0.1, 0.15) is 17.4 Å². The van der Waals surface area contributed by atoms with Crippen molar-refractivity contribution in [1.82, 2.24) is 19.9 Å². The van der Waals surface area contributed by atoms with Crippen LogP contribution >= 0.6 is 11.6 Å². The Morgan fingerprint density at radius 2 is 1.90 bits per heavy atom. The number of nitrogens with zero attached hydrogens (tertiary/aromatic N) is 4. The van der Waals surface area contributed by atoms with Crippen molar-refractivity contribution in [2.45, 2.75) is 19.3 Å². The lowest BCUT2D eigenvalue weighted by Gasteiger charge is -2.24. The molecule has 1 aliphatic rings. The topological polar surface area (TPSA) is 84.4 Å². The minimum atomic E-state index is -0.0978. The summed E-state index contributed by atoms with van der Waals surface area (Å²) in [5.41, 5.74) is 3.30. The number of fused-ring (bicyclic) bond motifs is 1. The lowest BCUT2D eigenvalue weighted by atomic mass is 10.1. The van der Waals surface area contributed by atoms with Crippen LogP contribution in [0, 0.1) is 0 Å². The molecule has 1 atom stereocenters. The van der Waals surface area contributed by atoms with Crippen molar-refractivity contribution in [1.29, 1.82) is 0 Å². The Kier molecular flexibility index (Phi) is 5.09. The van der Waals surface area contributed by atoms with Gasteiger partial charge in [0.15, 0.2) is 5.69 Å². The number of ether oxygens (including phenoxy) is 3. The lowest BCUT2D eigenvalue weighted by molar-refractivity contribution is -0.00112. The van der Waals surface area contributed by atoms with Gasteiger partial charge in [0.05, 0.1) is 38.6 Å². The molecule has 1 aliphatic heterocycles. The maximum absolute atomic E-state index is 6.01. The van der Waals surface area contributed by atoms with Gasteiger partial charge in [0, 0.05) is 11.1 Å². The average Bonchev–Trinajstić information content (AvgIpc) is 3.45. The molecule has 8 nitrogen and oxygen atoms in total. The molecule has 0 amide bonds. The van der Waals surface area contributed by atoms with E-state index in [9.17, 15) is 0 Å². The van der Waals surface area contributed by atoms with Gasteiger partial charge < -0.3 is 18.7 Å². The number of benzene rings is 2. The molecule has 0 bridgehead atoms. The summed E-state index contributed by atoms with van der Waals surface area (Å²) in [4.78, 5) is 4.52. The van der Waals surface area contributed by atoms with Gasteiger partial charge in [-0.3, -0.25) is 4.68 Å². The summed E-state index contributed by atoms with van der Waals surface area (Å²) < 4.78 is 24.1. The number of rotatable bonds is 5. The van der Waals surface area contributed by atoms with Crippen molar-refractivity contribution in [2.24, 2.45) is 0 Å². The van der Waals surface area contributed by atoms with Crippen molar-refractivity contribution in [2.75, 3.05) is 14.2 Å². The monoisotopic (exact) mass is 438 g/mol. The molecule has 0 N–H and O–H groups in total. The SMILES string of the molecule is COc1ccc(-c2noc(-c3cc4n(n3)C[C@@H](c3ccc(Cl)cc3)OC4)n2)c(OC)c1. The first-order chi connectivity index (χ1) is 15.1. The highest BCUT2D eigenvalue weighted by atomic mass is 35.5. The molecular formula is C22H19ClN4O4. The third kappa shape index (κ3) is 3.75. The summed E-state index contributed by atoms with van der Waals surface area (Å²) in [5, 5.41) is 9.45. The first-order valence-electron chi connectivity index (χ1n) is 9.65. The standard InChI is InChI=1S/C22H19ClN4O4/c1-28-16-7-8-17(19(10-16)29-2)21-24-22(31-26-21)18-9-15-12-30-20(11-27(15)25-18)13-3-5-14(23)6-4-13/h3-10,20H,11-12H2,1-2H3/t20-/m0/s1. The second-order valence-electron chi connectivity index (χ2n) is 7.04. The maximum Gasteiger partial charge on any atom is 0.278 e. The van der Waals surface area contributed by atoms with Crippen LogP contribution in [0.2, 0.25) is 5.02 Å². The number of halogens is 1. The number of hydrogen-bond acceptors (Lipinski definition) is 7. The second-order valence-corrected chi connectivity index (χ2v) is 7.48. The predicted octanol–water partition coefficient (Wildman–Crippen LogP) is 4.54. The van der Waals surface area contributed by atoms with Crippen LogP contribution < -0.4 is 9.47 Å². The Hall–Kier alpha value is -3.36. The van der Waals surface area contributed by atoms with Gasteiger partial charge in [0.2, 0.25) is 5.82 Å². The first kappa shape index (κ1) is 19.6. The molecule has 31 heavy (non-hydrogen) atoms. The molecule has 5 rings (SSSR count). The quantitative estimate of drug-likeness (QED) is 0.452. The third-order valence-electron chi connectivity index (χ3n) is 5.17. The fourth-order valence-electron chi connectivity index (χ4n) is 3.53. The van der Waals surface area contributed by atoms with Crippen LogP contribution in [0.4, 0.5) is 0 Å². The second kappa shape index (κ2) is 8.05. The largest absolute Gasteiger partial charge is 0.497 e. The van der Waals surface area contributed by atoms with Gasteiger partial charge in [0.25, 0.3) is 5.89 Å². The molecule has 3 heterocycles. The molecular weight excluding hydrogens is 420 g/mol. The summed E-state index contributed by atoms with van der Waals surface area (Å²) in [7, 11) is 3.18. The number of hydrogen-bond donors (Lipinski definition) is 0. The number of methoxy groups -OCH3 is 2. The highest BCUT2D eigenvalue weighted by Gasteiger charge is 2.25. The van der Waals surface area contributed by atoms with Crippen LogP contribution in [0.25, 0.3) is 23.0 Å². The van der Waals surface area contributed by atoms with Gasteiger partial charge in [-0.25, -0.2) is 0 Å². The minimum absolute atomic E-state index is 0.0978. The minimum Gasteiger partial charge on any atom is -0.497 e. The zero-order chi connectivity index (χ0) is 21.4. The molecule has 0 saturated heterocycles. The summed E-state index contributed by atoms with van der Waals surface area (Å²) in [6, 6.07) is 15.0. The third-order valence-corrected chi connectivity index (χ3v) is 5.42. The van der Waals surface area contributed by atoms with Gasteiger partial charge in [0.1, 0.15) is 17.6 Å². The Bertz CT molecular complexity index is 1220. The lowest BCUT2D eigenvalue weighted by Crippen LogP contribution is -2.21. The Labute approximate surface area is 183 Å². The summed E-state index contributed by atoms with van der Waals surface area (Å²) in [5.74, 6) is 2.02. The van der Waals surface area contributed by atoms with E-state index < -0.39 is 0 Å². The van der Waals surface area contributed by atoms with Gasteiger partial charge in [-0.05, 0) is 35.9 Å². The van der Waals surface area contributed by atoms with E-state index in [1.165, 1.54) is 0 Å². The van der Waals surface area contributed by atoms with Crippen LogP contribution in [0.5, 0.6) is 11.5 Å². The fraction of sp³-hybridized carbons (Fsp3) is 0.227. The van der Waals surface area contributed by atoms with Gasteiger partial charge in [-0.15, -0.1) is 0 Å². The van der Waals surface area contributed by atoms with Crippen LogP contribution in [0.15, 0.2) is 53.1 Å². The molecule has 0 radical (unpaired) electrons. The van der Waals surface area contributed by atoms with E-state index >= 15 is 0 Å². The molecule has 4 aromatic rings. The predicted molar refractivity (Wildman–Crippen MR) is 113 cm³/mol. The zero-order valence-corrected chi connectivity index (χ0v) is 17.7. The van der Waals surface area contributed by atoms with E-state index in [2.05, 4.69) is 15.2 Å². The average molecular weight is 439 g/mol. The van der Waals surface area contributed by atoms with E-state index in [0.717, 1.165) is 11.3 Å². The van der Waals surface area contributed by atoms with Crippen LogP contribution in [0.3, 0.4) is 0 Å². The fourth-order valence-corrected chi connectivity index (χ4v) is 3.66. The van der Waals surface area contributed by atoms with Crippen molar-refractivity contribution in [3.8, 4) is 34.5 Å². The molecule has 0 saturated carbocycles. The Morgan fingerprint density at radius 3 is 2.68 bits per heavy atom. The highest BCUT2D eigenvalue weighted by Crippen LogP contribution is 2.33. The summed E-state index contributed by atoms with van der Waals surface area (Å²) in [6.07, 6.45) is -0.0978. The highest BCUT2D eigenvalue weighted by molar-refractivity contribution is 6.30. The van der Waals surface area contributed by atoms with Gasteiger partial charge in [-0.1, -0.05) is 28.9 Å². The van der Waals surface area contributed by atoms with Gasteiger partial charge in [-0.2, -0.15) is 10.1 Å². The molecule has 0 unspecified atom stereocenters.